The van der Waals surface area contributed by atoms with Crippen molar-refractivity contribution in [3.05, 3.63) is 53.7 Å². The number of ether oxygens (including phenoxy) is 1. The molecule has 0 spiro atoms. The molecule has 3 heterocycles. The van der Waals surface area contributed by atoms with E-state index in [1.807, 2.05) is 41.8 Å². The molecular formula is C20H20N4O3S. The molecule has 28 heavy (non-hydrogen) atoms. The van der Waals surface area contributed by atoms with Gasteiger partial charge in [0.1, 0.15) is 5.69 Å². The van der Waals surface area contributed by atoms with Crippen molar-refractivity contribution in [2.45, 2.75) is 19.9 Å². The van der Waals surface area contributed by atoms with Gasteiger partial charge in [-0.3, -0.25) is 10.1 Å². The van der Waals surface area contributed by atoms with Crippen molar-refractivity contribution in [1.82, 2.24) is 14.5 Å². The first-order valence-electron chi connectivity index (χ1n) is 9.10. The maximum absolute atomic E-state index is 12.7. The van der Waals surface area contributed by atoms with E-state index in [0.717, 1.165) is 17.5 Å². The maximum atomic E-state index is 12.7. The van der Waals surface area contributed by atoms with Gasteiger partial charge in [-0.05, 0) is 37.6 Å². The van der Waals surface area contributed by atoms with Crippen molar-refractivity contribution in [2.24, 2.45) is 0 Å². The van der Waals surface area contributed by atoms with E-state index >= 15 is 0 Å². The second-order valence-electron chi connectivity index (χ2n) is 6.10. The zero-order valence-electron chi connectivity index (χ0n) is 15.4. The first kappa shape index (κ1) is 18.4. The number of carbonyl (C=O) groups excluding carboxylic acids is 1. The average molecular weight is 396 g/mol. The van der Waals surface area contributed by atoms with Gasteiger partial charge in [0, 0.05) is 25.1 Å². The number of carbonyl (C=O) groups is 1. The van der Waals surface area contributed by atoms with Crippen LogP contribution in [0.4, 0.5) is 5.95 Å². The number of anilines is 1. The predicted molar refractivity (Wildman–Crippen MR) is 109 cm³/mol. The Hall–Kier alpha value is -2.97. The summed E-state index contributed by atoms with van der Waals surface area (Å²) in [6.45, 7) is 4.03. The van der Waals surface area contributed by atoms with E-state index < -0.39 is 0 Å². The minimum atomic E-state index is -0.296. The Morgan fingerprint density at radius 2 is 2.14 bits per heavy atom. The lowest BCUT2D eigenvalue weighted by Crippen LogP contribution is -2.17. The van der Waals surface area contributed by atoms with E-state index in [1.165, 1.54) is 11.3 Å². The summed E-state index contributed by atoms with van der Waals surface area (Å²) >= 11 is 1.37. The standard InChI is InChI=1S/C20H20N4O3S/c1-2-26-11-6-10-24-16-8-4-3-7-14(16)22-20(24)23-18(25)15-13-28-19(21-15)17-9-5-12-27-17/h3-5,7-9,12-13H,2,6,10-11H2,1H3,(H,22,23,25). The molecule has 1 aromatic carbocycles. The van der Waals surface area contributed by atoms with E-state index in [2.05, 4.69) is 15.3 Å². The number of hydrogen-bond acceptors (Lipinski definition) is 6. The first-order valence-corrected chi connectivity index (χ1v) is 9.98. The number of amides is 1. The zero-order chi connectivity index (χ0) is 19.3. The van der Waals surface area contributed by atoms with Crippen LogP contribution >= 0.6 is 11.3 Å². The summed E-state index contributed by atoms with van der Waals surface area (Å²) in [6.07, 6.45) is 2.41. The topological polar surface area (TPSA) is 82.2 Å². The van der Waals surface area contributed by atoms with Crippen LogP contribution in [0.15, 0.2) is 52.5 Å². The van der Waals surface area contributed by atoms with E-state index in [0.29, 0.717) is 42.2 Å². The van der Waals surface area contributed by atoms with E-state index in [1.54, 1.807) is 17.7 Å². The molecule has 0 unspecified atom stereocenters. The number of nitrogens with one attached hydrogen (secondary N) is 1. The van der Waals surface area contributed by atoms with Gasteiger partial charge in [-0.25, -0.2) is 9.97 Å². The molecule has 8 heteroatoms. The fourth-order valence-corrected chi connectivity index (χ4v) is 3.69. The minimum absolute atomic E-state index is 0.296. The number of rotatable bonds is 8. The predicted octanol–water partition coefficient (Wildman–Crippen LogP) is 4.43. The molecule has 0 aliphatic rings. The second-order valence-corrected chi connectivity index (χ2v) is 6.95. The molecule has 144 valence electrons. The Morgan fingerprint density at radius 1 is 1.25 bits per heavy atom. The van der Waals surface area contributed by atoms with Crippen LogP contribution in [0.2, 0.25) is 0 Å². The Kier molecular flexibility index (Phi) is 5.50. The molecule has 0 saturated carbocycles. The van der Waals surface area contributed by atoms with Crippen LogP contribution in [0.25, 0.3) is 21.8 Å². The lowest BCUT2D eigenvalue weighted by Gasteiger charge is -2.09. The van der Waals surface area contributed by atoms with E-state index in [4.69, 9.17) is 9.15 Å². The van der Waals surface area contributed by atoms with Crippen LogP contribution < -0.4 is 5.32 Å². The lowest BCUT2D eigenvalue weighted by atomic mass is 10.3. The molecule has 0 saturated heterocycles. The van der Waals surface area contributed by atoms with Crippen molar-refractivity contribution in [1.29, 1.82) is 0 Å². The second kappa shape index (κ2) is 8.37. The first-order chi connectivity index (χ1) is 13.8. The van der Waals surface area contributed by atoms with Gasteiger partial charge in [0.25, 0.3) is 5.91 Å². The number of thiazole rings is 1. The van der Waals surface area contributed by atoms with Gasteiger partial charge < -0.3 is 13.7 Å². The van der Waals surface area contributed by atoms with Crippen LogP contribution in [0.3, 0.4) is 0 Å². The molecule has 4 aromatic rings. The number of hydrogen-bond donors (Lipinski definition) is 1. The van der Waals surface area contributed by atoms with Gasteiger partial charge in [0.2, 0.25) is 5.95 Å². The molecule has 0 aliphatic carbocycles. The maximum Gasteiger partial charge on any atom is 0.277 e. The van der Waals surface area contributed by atoms with Gasteiger partial charge in [0.05, 0.1) is 17.3 Å². The van der Waals surface area contributed by atoms with Gasteiger partial charge in [-0.1, -0.05) is 12.1 Å². The summed E-state index contributed by atoms with van der Waals surface area (Å²) < 4.78 is 12.8. The van der Waals surface area contributed by atoms with Crippen LogP contribution in [-0.4, -0.2) is 33.7 Å². The van der Waals surface area contributed by atoms with Gasteiger partial charge in [-0.15, -0.1) is 11.3 Å². The Morgan fingerprint density at radius 3 is 2.96 bits per heavy atom. The zero-order valence-corrected chi connectivity index (χ0v) is 16.2. The molecule has 3 aromatic heterocycles. The van der Waals surface area contributed by atoms with Crippen molar-refractivity contribution in [3.8, 4) is 10.8 Å². The molecule has 0 atom stereocenters. The minimum Gasteiger partial charge on any atom is -0.462 e. The number of benzene rings is 1. The normalized spacial score (nSPS) is 11.2. The van der Waals surface area contributed by atoms with Crippen molar-refractivity contribution in [3.63, 3.8) is 0 Å². The molecular weight excluding hydrogens is 376 g/mol. The SMILES string of the molecule is CCOCCCn1c(NC(=O)c2csc(-c3ccco3)n2)nc2ccccc21. The molecule has 7 nitrogen and oxygen atoms in total. The molecule has 0 bridgehead atoms. The van der Waals surface area contributed by atoms with Gasteiger partial charge in [0.15, 0.2) is 10.8 Å². The third-order valence-electron chi connectivity index (χ3n) is 4.22. The van der Waals surface area contributed by atoms with Gasteiger partial charge >= 0.3 is 0 Å². The summed E-state index contributed by atoms with van der Waals surface area (Å²) in [5, 5.41) is 5.29. The Bertz CT molecular complexity index is 1070. The molecule has 0 radical (unpaired) electrons. The molecule has 1 N–H and O–H groups in total. The quantitative estimate of drug-likeness (QED) is 0.446. The summed E-state index contributed by atoms with van der Waals surface area (Å²) in [4.78, 5) is 21.7. The highest BCUT2D eigenvalue weighted by Crippen LogP contribution is 2.25. The number of para-hydroxylation sites is 2. The summed E-state index contributed by atoms with van der Waals surface area (Å²) in [5.74, 6) is 0.859. The highest BCUT2D eigenvalue weighted by atomic mass is 32.1. The molecule has 4 rings (SSSR count). The number of aromatic nitrogens is 3. The molecule has 1 amide bonds. The number of nitrogens with zero attached hydrogens (tertiary/aromatic N) is 3. The fourth-order valence-electron chi connectivity index (χ4n) is 2.92. The molecule has 0 fully saturated rings. The summed E-state index contributed by atoms with van der Waals surface area (Å²) in [5.41, 5.74) is 2.15. The largest absolute Gasteiger partial charge is 0.462 e. The van der Waals surface area contributed by atoms with Crippen molar-refractivity contribution in [2.75, 3.05) is 18.5 Å². The smallest absolute Gasteiger partial charge is 0.277 e. The lowest BCUT2D eigenvalue weighted by molar-refractivity contribution is 0.102. The number of imidazole rings is 1. The fraction of sp³-hybridized carbons (Fsp3) is 0.250. The monoisotopic (exact) mass is 396 g/mol. The Labute approximate surface area is 166 Å². The number of furan rings is 1. The van der Waals surface area contributed by atoms with E-state index in [-0.39, 0.29) is 5.91 Å². The van der Waals surface area contributed by atoms with Crippen LogP contribution in [0.1, 0.15) is 23.8 Å². The van der Waals surface area contributed by atoms with E-state index in [9.17, 15) is 4.79 Å². The number of fused-ring (bicyclic) bond motifs is 1. The summed E-state index contributed by atoms with van der Waals surface area (Å²) in [6, 6.07) is 11.4. The average Bonchev–Trinajstić information content (AvgIpc) is 3.44. The summed E-state index contributed by atoms with van der Waals surface area (Å²) in [7, 11) is 0. The highest BCUT2D eigenvalue weighted by Gasteiger charge is 2.17. The third kappa shape index (κ3) is 3.83. The third-order valence-corrected chi connectivity index (χ3v) is 5.08. The Balaban J connectivity index is 1.55. The van der Waals surface area contributed by atoms with Crippen LogP contribution in [0, 0.1) is 0 Å². The van der Waals surface area contributed by atoms with Crippen LogP contribution in [-0.2, 0) is 11.3 Å². The molecule has 0 aliphatic heterocycles. The van der Waals surface area contributed by atoms with Gasteiger partial charge in [-0.2, -0.15) is 0 Å². The van der Waals surface area contributed by atoms with Crippen LogP contribution in [0.5, 0.6) is 0 Å². The highest BCUT2D eigenvalue weighted by molar-refractivity contribution is 7.13. The van der Waals surface area contributed by atoms with Crippen molar-refractivity contribution >= 4 is 34.2 Å². The van der Waals surface area contributed by atoms with Crippen molar-refractivity contribution < 1.29 is 13.9 Å². The number of aryl methyl sites for hydroxylation is 1.